The van der Waals surface area contributed by atoms with Crippen molar-refractivity contribution in [3.05, 3.63) is 34.9 Å². The summed E-state index contributed by atoms with van der Waals surface area (Å²) in [7, 11) is 0. The maximum atomic E-state index is 6.18. The molecule has 1 atom stereocenters. The number of rotatable bonds is 7. The highest BCUT2D eigenvalue weighted by molar-refractivity contribution is 5.35. The van der Waals surface area contributed by atoms with Gasteiger partial charge in [-0.15, -0.1) is 0 Å². The molecule has 20 heavy (non-hydrogen) atoms. The van der Waals surface area contributed by atoms with Crippen molar-refractivity contribution in [1.82, 2.24) is 4.90 Å². The Morgan fingerprint density at radius 3 is 2.20 bits per heavy atom. The second kappa shape index (κ2) is 5.87. The van der Waals surface area contributed by atoms with Crippen LogP contribution in [0.5, 0.6) is 0 Å². The van der Waals surface area contributed by atoms with E-state index in [0.717, 1.165) is 18.4 Å². The summed E-state index contributed by atoms with van der Waals surface area (Å²) < 4.78 is 0. The molecule has 0 heterocycles. The number of nitrogens with two attached hydrogens (primary N) is 1. The summed E-state index contributed by atoms with van der Waals surface area (Å²) in [6.07, 6.45) is 5.69. The van der Waals surface area contributed by atoms with Gasteiger partial charge in [0, 0.05) is 25.7 Å². The molecule has 2 saturated carbocycles. The monoisotopic (exact) mass is 272 g/mol. The van der Waals surface area contributed by atoms with Crippen molar-refractivity contribution < 1.29 is 0 Å². The van der Waals surface area contributed by atoms with Crippen molar-refractivity contribution >= 4 is 0 Å². The third-order valence-electron chi connectivity index (χ3n) is 5.05. The SMILES string of the molecule is Cc1cccc(C(CN)N(CC2CC2)CC2CC2)c1C. The first-order valence-corrected chi connectivity index (χ1v) is 8.19. The van der Waals surface area contributed by atoms with Gasteiger partial charge in [0.2, 0.25) is 0 Å². The first-order valence-electron chi connectivity index (χ1n) is 8.19. The minimum absolute atomic E-state index is 0.413. The van der Waals surface area contributed by atoms with E-state index in [-0.39, 0.29) is 0 Å². The average Bonchev–Trinajstić information content (AvgIpc) is 3.31. The molecule has 0 aromatic heterocycles. The van der Waals surface area contributed by atoms with Gasteiger partial charge in [0.05, 0.1) is 0 Å². The Kier molecular flexibility index (Phi) is 4.13. The Labute approximate surface area is 123 Å². The minimum atomic E-state index is 0.413. The molecule has 1 unspecified atom stereocenters. The van der Waals surface area contributed by atoms with Crippen LogP contribution in [0.2, 0.25) is 0 Å². The van der Waals surface area contributed by atoms with Gasteiger partial charge in [-0.1, -0.05) is 18.2 Å². The Morgan fingerprint density at radius 2 is 1.70 bits per heavy atom. The first-order chi connectivity index (χ1) is 9.69. The van der Waals surface area contributed by atoms with E-state index in [2.05, 4.69) is 36.9 Å². The zero-order chi connectivity index (χ0) is 14.1. The molecule has 2 heteroatoms. The zero-order valence-electron chi connectivity index (χ0n) is 12.9. The number of hydrogen-bond acceptors (Lipinski definition) is 2. The van der Waals surface area contributed by atoms with Crippen LogP contribution in [0.25, 0.3) is 0 Å². The molecule has 2 nitrogen and oxygen atoms in total. The molecule has 2 aliphatic carbocycles. The highest BCUT2D eigenvalue weighted by Gasteiger charge is 2.33. The third-order valence-corrected chi connectivity index (χ3v) is 5.05. The van der Waals surface area contributed by atoms with Crippen molar-refractivity contribution in [3.8, 4) is 0 Å². The molecule has 0 radical (unpaired) electrons. The molecule has 0 bridgehead atoms. The molecule has 0 saturated heterocycles. The molecular formula is C18H28N2. The standard InChI is InChI=1S/C18H28N2/c1-13-4-3-5-17(14(13)2)18(10-19)20(11-15-6-7-15)12-16-8-9-16/h3-5,15-16,18H,6-12,19H2,1-2H3. The van der Waals surface area contributed by atoms with E-state index >= 15 is 0 Å². The van der Waals surface area contributed by atoms with Crippen LogP contribution < -0.4 is 5.73 Å². The normalized spacial score (nSPS) is 20.4. The Hall–Kier alpha value is -0.860. The highest BCUT2D eigenvalue weighted by Crippen LogP contribution is 2.37. The van der Waals surface area contributed by atoms with Gasteiger partial charge in [0.25, 0.3) is 0 Å². The van der Waals surface area contributed by atoms with Gasteiger partial charge in [-0.2, -0.15) is 0 Å². The topological polar surface area (TPSA) is 29.3 Å². The van der Waals surface area contributed by atoms with E-state index < -0.39 is 0 Å². The van der Waals surface area contributed by atoms with Gasteiger partial charge in [0.1, 0.15) is 0 Å². The lowest BCUT2D eigenvalue weighted by Crippen LogP contribution is -2.37. The molecule has 1 aromatic carbocycles. The number of benzene rings is 1. The second-order valence-electron chi connectivity index (χ2n) is 6.88. The first kappa shape index (κ1) is 14.1. The highest BCUT2D eigenvalue weighted by atomic mass is 15.2. The van der Waals surface area contributed by atoms with Crippen LogP contribution in [0.3, 0.4) is 0 Å². The molecule has 0 amide bonds. The predicted molar refractivity (Wildman–Crippen MR) is 84.7 cm³/mol. The van der Waals surface area contributed by atoms with Gasteiger partial charge >= 0.3 is 0 Å². The van der Waals surface area contributed by atoms with Crippen molar-refractivity contribution in [2.75, 3.05) is 19.6 Å². The van der Waals surface area contributed by atoms with E-state index in [1.54, 1.807) is 0 Å². The fraction of sp³-hybridized carbons (Fsp3) is 0.667. The van der Waals surface area contributed by atoms with Gasteiger partial charge in [-0.05, 0) is 68.1 Å². The van der Waals surface area contributed by atoms with Crippen LogP contribution in [0.4, 0.5) is 0 Å². The molecule has 2 N–H and O–H groups in total. The van der Waals surface area contributed by atoms with Crippen molar-refractivity contribution in [2.45, 2.75) is 45.6 Å². The lowest BCUT2D eigenvalue weighted by Gasteiger charge is -2.33. The van der Waals surface area contributed by atoms with Crippen molar-refractivity contribution in [1.29, 1.82) is 0 Å². The molecule has 3 rings (SSSR count). The van der Waals surface area contributed by atoms with E-state index in [1.165, 1.54) is 55.5 Å². The minimum Gasteiger partial charge on any atom is -0.329 e. The van der Waals surface area contributed by atoms with Crippen LogP contribution in [0.1, 0.15) is 48.4 Å². The van der Waals surface area contributed by atoms with Crippen molar-refractivity contribution in [2.24, 2.45) is 17.6 Å². The fourth-order valence-electron chi connectivity index (χ4n) is 3.20. The Morgan fingerprint density at radius 1 is 1.10 bits per heavy atom. The van der Waals surface area contributed by atoms with Gasteiger partial charge in [-0.3, -0.25) is 4.90 Å². The largest absolute Gasteiger partial charge is 0.329 e. The lowest BCUT2D eigenvalue weighted by molar-refractivity contribution is 0.184. The summed E-state index contributed by atoms with van der Waals surface area (Å²) in [5.41, 5.74) is 10.4. The Bertz CT molecular complexity index is 446. The maximum Gasteiger partial charge on any atom is 0.0473 e. The summed E-state index contributed by atoms with van der Waals surface area (Å²) in [5.74, 6) is 1.88. The fourth-order valence-corrected chi connectivity index (χ4v) is 3.20. The maximum absolute atomic E-state index is 6.18. The summed E-state index contributed by atoms with van der Waals surface area (Å²) in [6, 6.07) is 7.09. The molecule has 2 aliphatic rings. The molecule has 0 spiro atoms. The molecule has 2 fully saturated rings. The van der Waals surface area contributed by atoms with E-state index in [0.29, 0.717) is 6.04 Å². The van der Waals surface area contributed by atoms with E-state index in [4.69, 9.17) is 5.73 Å². The van der Waals surface area contributed by atoms with Gasteiger partial charge in [-0.25, -0.2) is 0 Å². The van der Waals surface area contributed by atoms with Gasteiger partial charge < -0.3 is 5.73 Å². The van der Waals surface area contributed by atoms with Gasteiger partial charge in [0.15, 0.2) is 0 Å². The average molecular weight is 272 g/mol. The summed E-state index contributed by atoms with van der Waals surface area (Å²) >= 11 is 0. The van der Waals surface area contributed by atoms with Crippen LogP contribution in [0, 0.1) is 25.7 Å². The van der Waals surface area contributed by atoms with Crippen molar-refractivity contribution in [3.63, 3.8) is 0 Å². The van der Waals surface area contributed by atoms with Crippen LogP contribution in [-0.2, 0) is 0 Å². The molecule has 1 aromatic rings. The number of nitrogens with zero attached hydrogens (tertiary/aromatic N) is 1. The zero-order valence-corrected chi connectivity index (χ0v) is 12.9. The van der Waals surface area contributed by atoms with Crippen LogP contribution >= 0.6 is 0 Å². The van der Waals surface area contributed by atoms with Crippen LogP contribution in [-0.4, -0.2) is 24.5 Å². The smallest absolute Gasteiger partial charge is 0.0473 e. The Balaban J connectivity index is 1.81. The summed E-state index contributed by atoms with van der Waals surface area (Å²) in [6.45, 7) is 7.71. The third kappa shape index (κ3) is 3.24. The quantitative estimate of drug-likeness (QED) is 0.824. The molecular weight excluding hydrogens is 244 g/mol. The number of hydrogen-bond donors (Lipinski definition) is 1. The summed E-state index contributed by atoms with van der Waals surface area (Å²) in [4.78, 5) is 2.69. The van der Waals surface area contributed by atoms with Crippen LogP contribution in [0.15, 0.2) is 18.2 Å². The number of aryl methyl sites for hydroxylation is 1. The summed E-state index contributed by atoms with van der Waals surface area (Å²) in [5, 5.41) is 0. The lowest BCUT2D eigenvalue weighted by atomic mass is 9.96. The second-order valence-corrected chi connectivity index (χ2v) is 6.88. The molecule has 0 aliphatic heterocycles. The van der Waals surface area contributed by atoms with E-state index in [9.17, 15) is 0 Å². The predicted octanol–water partition coefficient (Wildman–Crippen LogP) is 3.43. The van der Waals surface area contributed by atoms with E-state index in [1.807, 2.05) is 0 Å². The molecule has 110 valence electrons.